The van der Waals surface area contributed by atoms with Gasteiger partial charge in [0, 0.05) is 23.6 Å². The van der Waals surface area contributed by atoms with Gasteiger partial charge in [-0.05, 0) is 44.4 Å². The molecule has 5 nitrogen and oxygen atoms in total. The van der Waals surface area contributed by atoms with Crippen LogP contribution in [0, 0.1) is 13.8 Å². The lowest BCUT2D eigenvalue weighted by atomic mass is 10.1. The van der Waals surface area contributed by atoms with Gasteiger partial charge in [-0.25, -0.2) is 4.98 Å². The summed E-state index contributed by atoms with van der Waals surface area (Å²) in [5.41, 5.74) is 9.23. The van der Waals surface area contributed by atoms with Gasteiger partial charge in [-0.3, -0.25) is 4.79 Å². The number of carbonyl (C=O) groups is 1. The third-order valence-corrected chi connectivity index (χ3v) is 5.49. The van der Waals surface area contributed by atoms with E-state index in [2.05, 4.69) is 11.5 Å². The lowest BCUT2D eigenvalue weighted by molar-refractivity contribution is 0.0944. The van der Waals surface area contributed by atoms with E-state index in [1.165, 1.54) is 5.69 Å². The highest BCUT2D eigenvalue weighted by Crippen LogP contribution is 2.26. The molecule has 3 rings (SSSR count). The fraction of sp³-hybridized carbons (Fsp3) is 0.444. The molecule has 2 aromatic rings. The van der Waals surface area contributed by atoms with Crippen molar-refractivity contribution < 1.29 is 9.53 Å². The number of nitrogens with zero attached hydrogens (tertiary/aromatic N) is 2. The quantitative estimate of drug-likeness (QED) is 0.817. The van der Waals surface area contributed by atoms with Crippen LogP contribution in [0.1, 0.15) is 40.2 Å². The second kappa shape index (κ2) is 7.40. The normalized spacial score (nSPS) is 17.3. The minimum Gasteiger partial charge on any atom is -0.376 e. The van der Waals surface area contributed by atoms with Crippen LogP contribution in [0.2, 0.25) is 0 Å². The predicted molar refractivity (Wildman–Crippen MR) is 95.2 cm³/mol. The number of hydrogen-bond acceptors (Lipinski definition) is 4. The van der Waals surface area contributed by atoms with Gasteiger partial charge in [0.1, 0.15) is 0 Å². The molecule has 0 radical (unpaired) electrons. The Morgan fingerprint density at radius 2 is 2.12 bits per heavy atom. The summed E-state index contributed by atoms with van der Waals surface area (Å²) < 4.78 is 8.04. The minimum atomic E-state index is -0.396. The number of thioether (sulfide) groups is 1. The summed E-state index contributed by atoms with van der Waals surface area (Å²) in [5.74, 6) is 0.410. The van der Waals surface area contributed by atoms with Gasteiger partial charge in [-0.1, -0.05) is 23.9 Å². The summed E-state index contributed by atoms with van der Waals surface area (Å²) in [4.78, 5) is 15.8. The molecular weight excluding hydrogens is 322 g/mol. The van der Waals surface area contributed by atoms with Gasteiger partial charge in [-0.2, -0.15) is 0 Å². The zero-order valence-electron chi connectivity index (χ0n) is 14.1. The number of imidazole rings is 1. The number of aryl methyl sites for hydroxylation is 1. The molecular formula is C18H23N3O2S. The standard InChI is InChI=1S/C18H23N3O2S/c1-12-13(2)21(10-16-4-3-9-23-16)18(20-12)24-11-14-5-7-15(8-6-14)17(19)22/h5-8,16H,3-4,9-11H2,1-2H3,(H2,19,22)/t16-/m0/s1. The van der Waals surface area contributed by atoms with E-state index in [9.17, 15) is 4.79 Å². The van der Waals surface area contributed by atoms with E-state index in [-0.39, 0.29) is 0 Å². The molecule has 1 aliphatic rings. The third-order valence-electron chi connectivity index (χ3n) is 4.44. The first-order valence-electron chi connectivity index (χ1n) is 8.21. The van der Waals surface area contributed by atoms with Gasteiger partial charge in [-0.15, -0.1) is 0 Å². The Kier molecular flexibility index (Phi) is 5.26. The molecule has 1 fully saturated rings. The second-order valence-corrected chi connectivity index (χ2v) is 7.10. The SMILES string of the molecule is Cc1nc(SCc2ccc(C(N)=O)cc2)n(C[C@@H]2CCCO2)c1C. The predicted octanol–water partition coefficient (Wildman–Crippen LogP) is 3.07. The van der Waals surface area contributed by atoms with Crippen molar-refractivity contribution in [2.24, 2.45) is 5.73 Å². The molecule has 1 aromatic heterocycles. The number of aromatic nitrogens is 2. The van der Waals surface area contributed by atoms with E-state index < -0.39 is 5.91 Å². The van der Waals surface area contributed by atoms with Crippen molar-refractivity contribution in [1.29, 1.82) is 0 Å². The van der Waals surface area contributed by atoms with Crippen molar-refractivity contribution in [1.82, 2.24) is 9.55 Å². The first-order valence-corrected chi connectivity index (χ1v) is 9.20. The van der Waals surface area contributed by atoms with Gasteiger partial charge in [0.15, 0.2) is 5.16 Å². The van der Waals surface area contributed by atoms with Gasteiger partial charge in [0.25, 0.3) is 0 Å². The van der Waals surface area contributed by atoms with Crippen molar-refractivity contribution in [3.8, 4) is 0 Å². The van der Waals surface area contributed by atoms with Crippen LogP contribution >= 0.6 is 11.8 Å². The molecule has 0 aliphatic carbocycles. The number of primary amides is 1. The maximum Gasteiger partial charge on any atom is 0.248 e. The van der Waals surface area contributed by atoms with Crippen LogP contribution in [-0.2, 0) is 17.0 Å². The highest BCUT2D eigenvalue weighted by atomic mass is 32.2. The van der Waals surface area contributed by atoms with Crippen LogP contribution in [0.3, 0.4) is 0 Å². The number of rotatable bonds is 6. The Bertz CT molecular complexity index is 719. The molecule has 24 heavy (non-hydrogen) atoms. The molecule has 0 spiro atoms. The maximum absolute atomic E-state index is 11.1. The van der Waals surface area contributed by atoms with Crippen molar-refractivity contribution in [3.63, 3.8) is 0 Å². The smallest absolute Gasteiger partial charge is 0.248 e. The summed E-state index contributed by atoms with van der Waals surface area (Å²) >= 11 is 1.71. The van der Waals surface area contributed by atoms with Crippen LogP contribution in [0.25, 0.3) is 0 Å². The molecule has 1 saturated heterocycles. The van der Waals surface area contributed by atoms with Crippen LogP contribution < -0.4 is 5.73 Å². The first kappa shape index (κ1) is 17.0. The van der Waals surface area contributed by atoms with Crippen molar-refractivity contribution in [2.75, 3.05) is 6.61 Å². The lowest BCUT2D eigenvalue weighted by Gasteiger charge is -2.14. The summed E-state index contributed by atoms with van der Waals surface area (Å²) in [6.45, 7) is 5.90. The highest BCUT2D eigenvalue weighted by molar-refractivity contribution is 7.98. The van der Waals surface area contributed by atoms with Crippen LogP contribution in [0.15, 0.2) is 29.4 Å². The number of benzene rings is 1. The van der Waals surface area contributed by atoms with Gasteiger partial charge in [0.2, 0.25) is 5.91 Å². The molecule has 1 aromatic carbocycles. The molecule has 1 aliphatic heterocycles. The van der Waals surface area contributed by atoms with Gasteiger partial charge >= 0.3 is 0 Å². The summed E-state index contributed by atoms with van der Waals surface area (Å²) in [6.07, 6.45) is 2.56. The van der Waals surface area contributed by atoms with E-state index in [4.69, 9.17) is 15.5 Å². The maximum atomic E-state index is 11.1. The van der Waals surface area contributed by atoms with Crippen LogP contribution in [0.5, 0.6) is 0 Å². The van der Waals surface area contributed by atoms with E-state index >= 15 is 0 Å². The molecule has 2 heterocycles. The van der Waals surface area contributed by atoms with Crippen LogP contribution in [0.4, 0.5) is 0 Å². The fourth-order valence-corrected chi connectivity index (χ4v) is 3.91. The largest absolute Gasteiger partial charge is 0.376 e. The summed E-state index contributed by atoms with van der Waals surface area (Å²) in [7, 11) is 0. The van der Waals surface area contributed by atoms with E-state index in [0.29, 0.717) is 11.7 Å². The summed E-state index contributed by atoms with van der Waals surface area (Å²) in [6, 6.07) is 7.43. The second-order valence-electron chi connectivity index (χ2n) is 6.16. The molecule has 1 amide bonds. The Hall–Kier alpha value is -1.79. The Morgan fingerprint density at radius 1 is 1.38 bits per heavy atom. The topological polar surface area (TPSA) is 70.1 Å². The fourth-order valence-electron chi connectivity index (χ4n) is 2.85. The monoisotopic (exact) mass is 345 g/mol. The van der Waals surface area contributed by atoms with E-state index in [0.717, 1.165) is 48.2 Å². The summed E-state index contributed by atoms with van der Waals surface area (Å²) in [5, 5.41) is 1.03. The molecule has 0 bridgehead atoms. The molecule has 128 valence electrons. The molecule has 0 unspecified atom stereocenters. The number of carbonyl (C=O) groups excluding carboxylic acids is 1. The molecule has 0 saturated carbocycles. The zero-order valence-corrected chi connectivity index (χ0v) is 14.9. The van der Waals surface area contributed by atoms with Gasteiger partial charge < -0.3 is 15.0 Å². The Balaban J connectivity index is 1.70. The van der Waals surface area contributed by atoms with Crippen molar-refractivity contribution in [3.05, 3.63) is 46.8 Å². The third kappa shape index (κ3) is 3.82. The van der Waals surface area contributed by atoms with Crippen LogP contribution in [-0.4, -0.2) is 28.2 Å². The minimum absolute atomic E-state index is 0.298. The average molecular weight is 345 g/mol. The first-order chi connectivity index (χ1) is 11.5. The molecule has 6 heteroatoms. The zero-order chi connectivity index (χ0) is 17.1. The molecule has 2 N–H and O–H groups in total. The Labute approximate surface area is 146 Å². The number of ether oxygens (including phenoxy) is 1. The van der Waals surface area contributed by atoms with E-state index in [1.54, 1.807) is 23.9 Å². The van der Waals surface area contributed by atoms with Crippen molar-refractivity contribution >= 4 is 17.7 Å². The lowest BCUT2D eigenvalue weighted by Crippen LogP contribution is -2.16. The number of nitrogens with two attached hydrogens (primary N) is 1. The van der Waals surface area contributed by atoms with E-state index in [1.807, 2.05) is 19.1 Å². The number of hydrogen-bond donors (Lipinski definition) is 1. The van der Waals surface area contributed by atoms with Crippen molar-refractivity contribution in [2.45, 2.75) is 50.2 Å². The number of amides is 1. The Morgan fingerprint density at radius 3 is 2.75 bits per heavy atom. The average Bonchev–Trinajstić information content (AvgIpc) is 3.17. The van der Waals surface area contributed by atoms with Gasteiger partial charge in [0.05, 0.1) is 18.3 Å². The molecule has 1 atom stereocenters. The highest BCUT2D eigenvalue weighted by Gasteiger charge is 2.20.